The average molecular weight is 171 g/mol. The second kappa shape index (κ2) is 4.66. The first-order chi connectivity index (χ1) is 5.84. The van der Waals surface area contributed by atoms with E-state index in [-0.39, 0.29) is 12.4 Å². The molecule has 0 unspecified atom stereocenters. The van der Waals surface area contributed by atoms with E-state index in [1.54, 1.807) is 6.07 Å². The molecular formula is C8H10FNO2. The smallest absolute Gasteiger partial charge is 0.255 e. The van der Waals surface area contributed by atoms with E-state index in [1.807, 2.05) is 0 Å². The van der Waals surface area contributed by atoms with Gasteiger partial charge in [-0.1, -0.05) is 0 Å². The summed E-state index contributed by atoms with van der Waals surface area (Å²) in [7, 11) is 0. The number of aliphatic hydroxyl groups is 1. The summed E-state index contributed by atoms with van der Waals surface area (Å²) in [6.45, 7) is 0.348. The van der Waals surface area contributed by atoms with E-state index in [1.165, 1.54) is 12.3 Å². The molecular weight excluding hydrogens is 161 g/mol. The average Bonchev–Trinajstić information content (AvgIpc) is 2.09. The molecule has 1 aromatic heterocycles. The van der Waals surface area contributed by atoms with Gasteiger partial charge in [0, 0.05) is 19.2 Å². The Bertz CT molecular complexity index is 242. The van der Waals surface area contributed by atoms with Gasteiger partial charge >= 0.3 is 0 Å². The molecule has 0 saturated carbocycles. The van der Waals surface area contributed by atoms with E-state index in [9.17, 15) is 4.39 Å². The minimum atomic E-state index is -0.615. The molecule has 0 aromatic carbocycles. The van der Waals surface area contributed by atoms with Crippen molar-refractivity contribution in [1.29, 1.82) is 0 Å². The first-order valence-corrected chi connectivity index (χ1v) is 3.69. The lowest BCUT2D eigenvalue weighted by atomic mass is 10.4. The lowest BCUT2D eigenvalue weighted by Gasteiger charge is -2.03. The van der Waals surface area contributed by atoms with Crippen molar-refractivity contribution >= 4 is 0 Å². The second-order valence-electron chi connectivity index (χ2n) is 2.22. The molecule has 0 amide bonds. The minimum Gasteiger partial charge on any atom is -0.489 e. The summed E-state index contributed by atoms with van der Waals surface area (Å²) in [5, 5.41) is 8.42. The van der Waals surface area contributed by atoms with Crippen LogP contribution in [0.3, 0.4) is 0 Å². The van der Waals surface area contributed by atoms with Gasteiger partial charge in [0.1, 0.15) is 0 Å². The van der Waals surface area contributed by atoms with Crippen LogP contribution >= 0.6 is 0 Å². The molecule has 1 rings (SSSR count). The highest BCUT2D eigenvalue weighted by atomic mass is 19.1. The van der Waals surface area contributed by atoms with Crippen molar-refractivity contribution in [3.63, 3.8) is 0 Å². The number of aliphatic hydroxyl groups excluding tert-OH is 1. The Balaban J connectivity index is 2.46. The van der Waals surface area contributed by atoms with Gasteiger partial charge in [0.2, 0.25) is 0 Å². The topological polar surface area (TPSA) is 42.4 Å². The maximum absolute atomic E-state index is 12.7. The normalized spacial score (nSPS) is 9.83. The maximum atomic E-state index is 12.7. The molecule has 0 aliphatic rings. The van der Waals surface area contributed by atoms with Crippen LogP contribution in [0.25, 0.3) is 0 Å². The minimum absolute atomic E-state index is 0.0435. The molecule has 0 aliphatic heterocycles. The monoisotopic (exact) mass is 171 g/mol. The fourth-order valence-electron chi connectivity index (χ4n) is 0.726. The number of halogens is 1. The molecule has 0 aliphatic carbocycles. The standard InChI is InChI=1S/C8H10FNO2/c9-8-7(3-1-4-10-8)12-6-2-5-11/h1,3-4,11H,2,5-6H2. The van der Waals surface area contributed by atoms with Crippen LogP contribution in [0.5, 0.6) is 5.75 Å². The Morgan fingerprint density at radius 3 is 3.08 bits per heavy atom. The van der Waals surface area contributed by atoms with E-state index in [0.717, 1.165) is 0 Å². The zero-order valence-corrected chi connectivity index (χ0v) is 6.53. The number of pyridine rings is 1. The molecule has 0 saturated heterocycles. The van der Waals surface area contributed by atoms with Gasteiger partial charge < -0.3 is 9.84 Å². The fourth-order valence-corrected chi connectivity index (χ4v) is 0.726. The largest absolute Gasteiger partial charge is 0.489 e. The first-order valence-electron chi connectivity index (χ1n) is 3.69. The van der Waals surface area contributed by atoms with E-state index in [2.05, 4.69) is 4.98 Å². The maximum Gasteiger partial charge on any atom is 0.255 e. The molecule has 3 nitrogen and oxygen atoms in total. The molecule has 1 aromatic rings. The molecule has 1 N–H and O–H groups in total. The number of nitrogens with zero attached hydrogens (tertiary/aromatic N) is 1. The lowest BCUT2D eigenvalue weighted by molar-refractivity contribution is 0.227. The molecule has 1 heterocycles. The molecule has 12 heavy (non-hydrogen) atoms. The third-order valence-corrected chi connectivity index (χ3v) is 1.28. The van der Waals surface area contributed by atoms with Gasteiger partial charge in [0.25, 0.3) is 5.95 Å². The number of hydrogen-bond acceptors (Lipinski definition) is 3. The van der Waals surface area contributed by atoms with Gasteiger partial charge in [0.15, 0.2) is 5.75 Å². The van der Waals surface area contributed by atoms with Crippen LogP contribution in [0.4, 0.5) is 4.39 Å². The van der Waals surface area contributed by atoms with Gasteiger partial charge in [-0.3, -0.25) is 0 Å². The molecule has 0 atom stereocenters. The predicted octanol–water partition coefficient (Wildman–Crippen LogP) is 0.982. The van der Waals surface area contributed by atoms with Crippen molar-refractivity contribution in [3.8, 4) is 5.75 Å². The molecule has 66 valence electrons. The van der Waals surface area contributed by atoms with Crippen molar-refractivity contribution in [3.05, 3.63) is 24.3 Å². The van der Waals surface area contributed by atoms with E-state index in [4.69, 9.17) is 9.84 Å². The first kappa shape index (κ1) is 8.93. The Morgan fingerprint density at radius 2 is 2.42 bits per heavy atom. The highest BCUT2D eigenvalue weighted by Crippen LogP contribution is 2.12. The number of rotatable bonds is 4. The summed E-state index contributed by atoms with van der Waals surface area (Å²) in [5.41, 5.74) is 0. The zero-order valence-electron chi connectivity index (χ0n) is 6.53. The van der Waals surface area contributed by atoms with Crippen molar-refractivity contribution in [2.45, 2.75) is 6.42 Å². The van der Waals surface area contributed by atoms with E-state index >= 15 is 0 Å². The Hall–Kier alpha value is -1.16. The van der Waals surface area contributed by atoms with Gasteiger partial charge in [0.05, 0.1) is 6.61 Å². The lowest BCUT2D eigenvalue weighted by Crippen LogP contribution is -2.01. The van der Waals surface area contributed by atoms with Crippen molar-refractivity contribution in [2.75, 3.05) is 13.2 Å². The summed E-state index contributed by atoms with van der Waals surface area (Å²) in [6.07, 6.45) is 1.85. The van der Waals surface area contributed by atoms with Crippen LogP contribution in [0.15, 0.2) is 18.3 Å². The summed E-state index contributed by atoms with van der Waals surface area (Å²) in [4.78, 5) is 3.40. The molecule has 0 fully saturated rings. The second-order valence-corrected chi connectivity index (χ2v) is 2.22. The highest BCUT2D eigenvalue weighted by Gasteiger charge is 2.01. The van der Waals surface area contributed by atoms with Gasteiger partial charge in [-0.2, -0.15) is 4.39 Å². The fraction of sp³-hybridized carbons (Fsp3) is 0.375. The third-order valence-electron chi connectivity index (χ3n) is 1.28. The Kier molecular flexibility index (Phi) is 3.47. The van der Waals surface area contributed by atoms with Gasteiger partial charge in [-0.15, -0.1) is 0 Å². The molecule has 0 spiro atoms. The summed E-state index contributed by atoms with van der Waals surface area (Å²) >= 11 is 0. The van der Waals surface area contributed by atoms with Crippen LogP contribution in [-0.4, -0.2) is 23.3 Å². The van der Waals surface area contributed by atoms with Crippen LogP contribution in [-0.2, 0) is 0 Å². The quantitative estimate of drug-likeness (QED) is 0.542. The van der Waals surface area contributed by atoms with Crippen molar-refractivity contribution in [1.82, 2.24) is 4.98 Å². The van der Waals surface area contributed by atoms with Crippen LogP contribution < -0.4 is 4.74 Å². The predicted molar refractivity (Wildman–Crippen MR) is 41.4 cm³/mol. The highest BCUT2D eigenvalue weighted by molar-refractivity contribution is 5.17. The Labute approximate surface area is 69.8 Å². The summed E-state index contributed by atoms with van der Waals surface area (Å²) < 4.78 is 17.7. The number of ether oxygens (including phenoxy) is 1. The summed E-state index contributed by atoms with van der Waals surface area (Å²) in [5.74, 6) is -0.485. The van der Waals surface area contributed by atoms with Crippen LogP contribution in [0, 0.1) is 5.95 Å². The van der Waals surface area contributed by atoms with Gasteiger partial charge in [-0.05, 0) is 12.1 Å². The summed E-state index contributed by atoms with van der Waals surface area (Å²) in [6, 6.07) is 3.09. The molecule has 0 radical (unpaired) electrons. The van der Waals surface area contributed by atoms with Crippen LogP contribution in [0.2, 0.25) is 0 Å². The molecule has 4 heteroatoms. The van der Waals surface area contributed by atoms with E-state index < -0.39 is 5.95 Å². The number of hydrogen-bond donors (Lipinski definition) is 1. The third kappa shape index (κ3) is 2.47. The SMILES string of the molecule is OCCCOc1cccnc1F. The van der Waals surface area contributed by atoms with Crippen molar-refractivity contribution < 1.29 is 14.2 Å². The zero-order chi connectivity index (χ0) is 8.81. The Morgan fingerprint density at radius 1 is 1.58 bits per heavy atom. The molecule has 0 bridgehead atoms. The van der Waals surface area contributed by atoms with E-state index in [0.29, 0.717) is 13.0 Å². The number of aromatic nitrogens is 1. The van der Waals surface area contributed by atoms with Crippen molar-refractivity contribution in [2.24, 2.45) is 0 Å². The van der Waals surface area contributed by atoms with Crippen LogP contribution in [0.1, 0.15) is 6.42 Å². The van der Waals surface area contributed by atoms with Gasteiger partial charge in [-0.25, -0.2) is 4.98 Å².